The van der Waals surface area contributed by atoms with E-state index in [1.165, 1.54) is 6.08 Å². The molecule has 2 rings (SSSR count). The van der Waals surface area contributed by atoms with E-state index in [4.69, 9.17) is 21.1 Å². The average Bonchev–Trinajstić information content (AvgIpc) is 2.56. The number of carbonyl (C=O) groups excluding carboxylic acids is 1. The second kappa shape index (κ2) is 8.98. The van der Waals surface area contributed by atoms with Gasteiger partial charge in [-0.05, 0) is 23.8 Å². The Morgan fingerprint density at radius 3 is 2.65 bits per heavy atom. The SMILES string of the molecule is COCCOc1c(Cl)cccc1NC(=O)/C=C/c1ccccc1. The summed E-state index contributed by atoms with van der Waals surface area (Å²) in [5.74, 6) is 0.181. The van der Waals surface area contributed by atoms with E-state index < -0.39 is 0 Å². The van der Waals surface area contributed by atoms with E-state index in [2.05, 4.69) is 5.32 Å². The van der Waals surface area contributed by atoms with Crippen molar-refractivity contribution >= 4 is 29.3 Å². The highest BCUT2D eigenvalue weighted by atomic mass is 35.5. The lowest BCUT2D eigenvalue weighted by Gasteiger charge is -2.13. The third-order valence-electron chi connectivity index (χ3n) is 2.99. The molecule has 0 unspecified atom stereocenters. The van der Waals surface area contributed by atoms with Crippen molar-refractivity contribution in [2.24, 2.45) is 0 Å². The summed E-state index contributed by atoms with van der Waals surface area (Å²) in [6.45, 7) is 0.787. The predicted octanol–water partition coefficient (Wildman–Crippen LogP) is 4.02. The summed E-state index contributed by atoms with van der Waals surface area (Å²) in [6.07, 6.45) is 3.21. The zero-order valence-electron chi connectivity index (χ0n) is 12.8. The maximum Gasteiger partial charge on any atom is 0.248 e. The molecule has 0 atom stereocenters. The summed E-state index contributed by atoms with van der Waals surface area (Å²) in [7, 11) is 1.59. The van der Waals surface area contributed by atoms with Crippen LogP contribution in [-0.2, 0) is 9.53 Å². The topological polar surface area (TPSA) is 47.6 Å². The van der Waals surface area contributed by atoms with Gasteiger partial charge in [0.15, 0.2) is 5.75 Å². The number of methoxy groups -OCH3 is 1. The van der Waals surface area contributed by atoms with Gasteiger partial charge in [0, 0.05) is 13.2 Å². The Bertz CT molecular complexity index is 671. The van der Waals surface area contributed by atoms with Crippen LogP contribution < -0.4 is 10.1 Å². The fraction of sp³-hybridized carbons (Fsp3) is 0.167. The lowest BCUT2D eigenvalue weighted by Crippen LogP contribution is -2.11. The molecule has 2 aromatic carbocycles. The van der Waals surface area contributed by atoms with Crippen LogP contribution in [0.3, 0.4) is 0 Å². The zero-order valence-corrected chi connectivity index (χ0v) is 13.5. The van der Waals surface area contributed by atoms with Crippen molar-refractivity contribution in [1.29, 1.82) is 0 Å². The van der Waals surface area contributed by atoms with Crippen LogP contribution in [0.4, 0.5) is 5.69 Å². The monoisotopic (exact) mass is 331 g/mol. The third kappa shape index (κ3) is 5.43. The van der Waals surface area contributed by atoms with Crippen molar-refractivity contribution in [3.63, 3.8) is 0 Å². The lowest BCUT2D eigenvalue weighted by molar-refractivity contribution is -0.111. The highest BCUT2D eigenvalue weighted by Crippen LogP contribution is 2.32. The summed E-state index contributed by atoms with van der Waals surface area (Å²) in [4.78, 5) is 12.1. The summed E-state index contributed by atoms with van der Waals surface area (Å²) >= 11 is 6.13. The van der Waals surface area contributed by atoms with E-state index >= 15 is 0 Å². The molecule has 0 aliphatic carbocycles. The molecule has 0 spiro atoms. The number of amides is 1. The molecule has 0 aliphatic heterocycles. The van der Waals surface area contributed by atoms with Crippen LogP contribution in [-0.4, -0.2) is 26.2 Å². The molecule has 0 aromatic heterocycles. The van der Waals surface area contributed by atoms with Gasteiger partial charge >= 0.3 is 0 Å². The van der Waals surface area contributed by atoms with Gasteiger partial charge in [0.2, 0.25) is 5.91 Å². The number of benzene rings is 2. The molecule has 5 heteroatoms. The standard InChI is InChI=1S/C18H18ClNO3/c1-22-12-13-23-18-15(19)8-5-9-16(18)20-17(21)11-10-14-6-3-2-4-7-14/h2-11H,12-13H2,1H3,(H,20,21)/b11-10+. The first-order valence-corrected chi connectivity index (χ1v) is 7.53. The molecule has 120 valence electrons. The second-order valence-electron chi connectivity index (χ2n) is 4.69. The number of hydrogen-bond acceptors (Lipinski definition) is 3. The number of rotatable bonds is 7. The van der Waals surface area contributed by atoms with Crippen molar-refractivity contribution in [2.75, 3.05) is 25.6 Å². The van der Waals surface area contributed by atoms with Gasteiger partial charge in [-0.15, -0.1) is 0 Å². The fourth-order valence-corrected chi connectivity index (χ4v) is 2.12. The Morgan fingerprint density at radius 2 is 1.91 bits per heavy atom. The molecular formula is C18H18ClNO3. The van der Waals surface area contributed by atoms with Gasteiger partial charge in [0.25, 0.3) is 0 Å². The van der Waals surface area contributed by atoms with Crippen molar-refractivity contribution < 1.29 is 14.3 Å². The van der Waals surface area contributed by atoms with Crippen LogP contribution in [0.2, 0.25) is 5.02 Å². The van der Waals surface area contributed by atoms with Crippen LogP contribution in [0.15, 0.2) is 54.6 Å². The number of nitrogens with one attached hydrogen (secondary N) is 1. The number of hydrogen-bond donors (Lipinski definition) is 1. The molecule has 0 saturated heterocycles. The molecule has 0 radical (unpaired) electrons. The highest BCUT2D eigenvalue weighted by molar-refractivity contribution is 6.32. The van der Waals surface area contributed by atoms with Gasteiger partial charge in [0.1, 0.15) is 6.61 Å². The molecule has 2 aromatic rings. The van der Waals surface area contributed by atoms with Gasteiger partial charge in [0.05, 0.1) is 17.3 Å². The Morgan fingerprint density at radius 1 is 1.13 bits per heavy atom. The molecule has 0 aliphatic rings. The number of anilines is 1. The zero-order chi connectivity index (χ0) is 16.5. The average molecular weight is 332 g/mol. The highest BCUT2D eigenvalue weighted by Gasteiger charge is 2.10. The van der Waals surface area contributed by atoms with Crippen molar-refractivity contribution in [3.05, 3.63) is 65.2 Å². The summed E-state index contributed by atoms with van der Waals surface area (Å²) in [6, 6.07) is 14.8. The minimum Gasteiger partial charge on any atom is -0.487 e. The molecule has 1 amide bonds. The van der Waals surface area contributed by atoms with Gasteiger partial charge in [-0.2, -0.15) is 0 Å². The minimum absolute atomic E-state index is 0.257. The normalized spacial score (nSPS) is 10.7. The summed E-state index contributed by atoms with van der Waals surface area (Å²) in [5, 5.41) is 3.21. The van der Waals surface area contributed by atoms with E-state index in [0.717, 1.165) is 5.56 Å². The quantitative estimate of drug-likeness (QED) is 0.616. The third-order valence-corrected chi connectivity index (χ3v) is 3.28. The van der Waals surface area contributed by atoms with Crippen molar-refractivity contribution in [1.82, 2.24) is 0 Å². The van der Waals surface area contributed by atoms with Gasteiger partial charge in [-0.25, -0.2) is 0 Å². The van der Waals surface area contributed by atoms with E-state index in [1.807, 2.05) is 30.3 Å². The van der Waals surface area contributed by atoms with Gasteiger partial charge in [-0.3, -0.25) is 4.79 Å². The van der Waals surface area contributed by atoms with Crippen LogP contribution in [0.5, 0.6) is 5.75 Å². The summed E-state index contributed by atoms with van der Waals surface area (Å²) in [5.41, 5.74) is 1.47. The predicted molar refractivity (Wildman–Crippen MR) is 92.9 cm³/mol. The van der Waals surface area contributed by atoms with E-state index in [0.29, 0.717) is 29.7 Å². The minimum atomic E-state index is -0.257. The van der Waals surface area contributed by atoms with Crippen LogP contribution in [0.25, 0.3) is 6.08 Å². The Balaban J connectivity index is 2.05. The largest absolute Gasteiger partial charge is 0.487 e. The maximum absolute atomic E-state index is 12.1. The molecule has 0 heterocycles. The second-order valence-corrected chi connectivity index (χ2v) is 5.10. The number of halogens is 1. The molecule has 4 nitrogen and oxygen atoms in total. The fourth-order valence-electron chi connectivity index (χ4n) is 1.89. The van der Waals surface area contributed by atoms with Gasteiger partial charge < -0.3 is 14.8 Å². The molecular weight excluding hydrogens is 314 g/mol. The van der Waals surface area contributed by atoms with Crippen molar-refractivity contribution in [3.8, 4) is 5.75 Å². The lowest BCUT2D eigenvalue weighted by atomic mass is 10.2. The van der Waals surface area contributed by atoms with Crippen LogP contribution >= 0.6 is 11.6 Å². The van der Waals surface area contributed by atoms with Crippen molar-refractivity contribution in [2.45, 2.75) is 0 Å². The van der Waals surface area contributed by atoms with Gasteiger partial charge in [-0.1, -0.05) is 48.0 Å². The first-order valence-electron chi connectivity index (χ1n) is 7.15. The number of para-hydroxylation sites is 1. The summed E-state index contributed by atoms with van der Waals surface area (Å²) < 4.78 is 10.5. The Labute approximate surface area is 140 Å². The van der Waals surface area contributed by atoms with E-state index in [9.17, 15) is 4.79 Å². The van der Waals surface area contributed by atoms with E-state index in [-0.39, 0.29) is 5.91 Å². The van der Waals surface area contributed by atoms with Crippen LogP contribution in [0, 0.1) is 0 Å². The maximum atomic E-state index is 12.1. The number of ether oxygens (including phenoxy) is 2. The molecule has 0 saturated carbocycles. The Kier molecular flexibility index (Phi) is 6.66. The van der Waals surface area contributed by atoms with E-state index in [1.54, 1.807) is 31.4 Å². The first kappa shape index (κ1) is 17.1. The first-order chi connectivity index (χ1) is 11.2. The molecule has 0 fully saturated rings. The Hall–Kier alpha value is -2.30. The molecule has 0 bridgehead atoms. The number of carbonyl (C=O) groups is 1. The smallest absolute Gasteiger partial charge is 0.248 e. The molecule has 1 N–H and O–H groups in total. The van der Waals surface area contributed by atoms with Crippen LogP contribution in [0.1, 0.15) is 5.56 Å². The molecule has 23 heavy (non-hydrogen) atoms.